The highest BCUT2D eigenvalue weighted by Crippen LogP contribution is 2.05. The van der Waals surface area contributed by atoms with E-state index in [-0.39, 0.29) is 0 Å². The van der Waals surface area contributed by atoms with Crippen LogP contribution in [0, 0.1) is 11.8 Å². The number of nitrogens with zero attached hydrogens (tertiary/aromatic N) is 1. The normalized spacial score (nSPS) is 10.1. The minimum Gasteiger partial charge on any atom is -0.411 e. The van der Waals surface area contributed by atoms with E-state index in [1.807, 2.05) is 24.3 Å². The topological polar surface area (TPSA) is 32.6 Å². The predicted octanol–water partition coefficient (Wildman–Crippen LogP) is 3.43. The number of oxime groups is 1. The van der Waals surface area contributed by atoms with Crippen LogP contribution >= 0.6 is 0 Å². The molecule has 0 heterocycles. The second-order valence-electron chi connectivity index (χ2n) is 3.59. The van der Waals surface area contributed by atoms with E-state index in [0.29, 0.717) is 0 Å². The minimum absolute atomic E-state index is 0.855. The predicted molar refractivity (Wildman–Crippen MR) is 66.8 cm³/mol. The van der Waals surface area contributed by atoms with Crippen LogP contribution in [-0.4, -0.2) is 11.4 Å². The highest BCUT2D eigenvalue weighted by molar-refractivity contribution is 5.82. The van der Waals surface area contributed by atoms with Gasteiger partial charge >= 0.3 is 0 Å². The monoisotopic (exact) mass is 215 g/mol. The lowest BCUT2D eigenvalue weighted by molar-refractivity contribution is 0.322. The molecule has 1 aromatic rings. The Morgan fingerprint density at radius 1 is 1.31 bits per heavy atom. The summed E-state index contributed by atoms with van der Waals surface area (Å²) in [5.74, 6) is 6.25. The molecule has 16 heavy (non-hydrogen) atoms. The molecule has 0 atom stereocenters. The molecule has 84 valence electrons. The van der Waals surface area contributed by atoms with Crippen molar-refractivity contribution in [3.8, 4) is 11.8 Å². The van der Waals surface area contributed by atoms with Gasteiger partial charge in [0.2, 0.25) is 0 Å². The van der Waals surface area contributed by atoms with E-state index in [9.17, 15) is 0 Å². The molecule has 0 unspecified atom stereocenters. The lowest BCUT2D eigenvalue weighted by atomic mass is 10.1. The van der Waals surface area contributed by atoms with Crippen LogP contribution in [0.3, 0.4) is 0 Å². The van der Waals surface area contributed by atoms with Gasteiger partial charge in [0.25, 0.3) is 0 Å². The van der Waals surface area contributed by atoms with Crippen molar-refractivity contribution >= 4 is 6.21 Å². The Morgan fingerprint density at radius 3 is 2.88 bits per heavy atom. The van der Waals surface area contributed by atoms with Crippen molar-refractivity contribution in [1.29, 1.82) is 0 Å². The van der Waals surface area contributed by atoms with Crippen LogP contribution in [-0.2, 0) is 0 Å². The van der Waals surface area contributed by atoms with Gasteiger partial charge < -0.3 is 5.21 Å². The maximum Gasteiger partial charge on any atom is 0.0746 e. The van der Waals surface area contributed by atoms with Gasteiger partial charge in [0.1, 0.15) is 0 Å². The third kappa shape index (κ3) is 4.18. The summed E-state index contributed by atoms with van der Waals surface area (Å²) >= 11 is 0. The first-order chi connectivity index (χ1) is 7.88. The summed E-state index contributed by atoms with van der Waals surface area (Å²) in [5.41, 5.74) is 1.77. The lowest BCUT2D eigenvalue weighted by Gasteiger charge is -1.95. The molecule has 0 radical (unpaired) electrons. The Balaban J connectivity index is 2.64. The van der Waals surface area contributed by atoms with Gasteiger partial charge in [-0.05, 0) is 12.5 Å². The van der Waals surface area contributed by atoms with Crippen LogP contribution in [0.2, 0.25) is 0 Å². The van der Waals surface area contributed by atoms with Gasteiger partial charge in [0.05, 0.1) is 6.21 Å². The van der Waals surface area contributed by atoms with Gasteiger partial charge in [0, 0.05) is 17.5 Å². The summed E-state index contributed by atoms with van der Waals surface area (Å²) in [6.45, 7) is 2.18. The first kappa shape index (κ1) is 12.3. The van der Waals surface area contributed by atoms with Crippen LogP contribution in [0.1, 0.15) is 43.7 Å². The summed E-state index contributed by atoms with van der Waals surface area (Å²) in [6.07, 6.45) is 5.94. The lowest BCUT2D eigenvalue weighted by Crippen LogP contribution is -1.86. The third-order valence-electron chi connectivity index (χ3n) is 2.29. The summed E-state index contributed by atoms with van der Waals surface area (Å²) in [6, 6.07) is 7.66. The Hall–Kier alpha value is -1.75. The molecule has 1 aromatic carbocycles. The zero-order valence-corrected chi connectivity index (χ0v) is 9.61. The fraction of sp³-hybridized carbons (Fsp3) is 0.357. The molecule has 2 heteroatoms. The molecule has 1 N–H and O–H groups in total. The van der Waals surface area contributed by atoms with Gasteiger partial charge in [-0.3, -0.25) is 0 Å². The molecule has 0 aromatic heterocycles. The average Bonchev–Trinajstić information content (AvgIpc) is 2.31. The average molecular weight is 215 g/mol. The second kappa shape index (κ2) is 7.53. The molecule has 0 aliphatic rings. The van der Waals surface area contributed by atoms with Crippen molar-refractivity contribution < 1.29 is 5.21 Å². The Morgan fingerprint density at radius 2 is 2.12 bits per heavy atom. The van der Waals surface area contributed by atoms with E-state index in [4.69, 9.17) is 5.21 Å². The zero-order chi connectivity index (χ0) is 11.6. The van der Waals surface area contributed by atoms with Crippen molar-refractivity contribution in [3.05, 3.63) is 35.4 Å². The first-order valence-corrected chi connectivity index (χ1v) is 5.63. The smallest absolute Gasteiger partial charge is 0.0746 e. The van der Waals surface area contributed by atoms with Crippen LogP contribution in [0.15, 0.2) is 29.4 Å². The van der Waals surface area contributed by atoms with Crippen molar-refractivity contribution in [2.24, 2.45) is 5.16 Å². The van der Waals surface area contributed by atoms with E-state index in [1.54, 1.807) is 0 Å². The Bertz CT molecular complexity index is 399. The third-order valence-corrected chi connectivity index (χ3v) is 2.29. The number of rotatable bonds is 4. The van der Waals surface area contributed by atoms with Crippen molar-refractivity contribution in [3.63, 3.8) is 0 Å². The fourth-order valence-corrected chi connectivity index (χ4v) is 1.41. The van der Waals surface area contributed by atoms with Gasteiger partial charge in [-0.25, -0.2) is 0 Å². The quantitative estimate of drug-likeness (QED) is 0.269. The van der Waals surface area contributed by atoms with E-state index in [1.165, 1.54) is 19.1 Å². The van der Waals surface area contributed by atoms with Crippen molar-refractivity contribution in [2.45, 2.75) is 32.6 Å². The van der Waals surface area contributed by atoms with E-state index >= 15 is 0 Å². The van der Waals surface area contributed by atoms with E-state index < -0.39 is 0 Å². The summed E-state index contributed by atoms with van der Waals surface area (Å²) < 4.78 is 0. The molecule has 1 rings (SSSR count). The van der Waals surface area contributed by atoms with Crippen molar-refractivity contribution in [1.82, 2.24) is 0 Å². The van der Waals surface area contributed by atoms with Crippen LogP contribution in [0.4, 0.5) is 0 Å². The first-order valence-electron chi connectivity index (χ1n) is 5.63. The molecule has 0 saturated heterocycles. The zero-order valence-electron chi connectivity index (χ0n) is 9.61. The molecule has 0 aliphatic carbocycles. The molecule has 0 aliphatic heterocycles. The van der Waals surface area contributed by atoms with Gasteiger partial charge in [-0.2, -0.15) is 0 Å². The highest BCUT2D eigenvalue weighted by atomic mass is 16.4. The highest BCUT2D eigenvalue weighted by Gasteiger charge is 1.94. The summed E-state index contributed by atoms with van der Waals surface area (Å²) in [5, 5.41) is 11.5. The number of unbranched alkanes of at least 4 members (excludes halogenated alkanes) is 3. The molecule has 0 amide bonds. The molecular weight excluding hydrogens is 198 g/mol. The maximum atomic E-state index is 8.51. The standard InChI is InChI=1S/C14H17NO/c1-2-3-4-5-6-9-13-10-7-8-11-14(13)12-15-16/h7-8,10-12,16H,2-5H2,1H3/b15-12+. The summed E-state index contributed by atoms with van der Waals surface area (Å²) in [7, 11) is 0. The van der Waals surface area contributed by atoms with Gasteiger partial charge in [-0.1, -0.05) is 55.0 Å². The summed E-state index contributed by atoms with van der Waals surface area (Å²) in [4.78, 5) is 0. The minimum atomic E-state index is 0.855. The van der Waals surface area contributed by atoms with Crippen LogP contribution < -0.4 is 0 Å². The largest absolute Gasteiger partial charge is 0.411 e. The molecule has 0 saturated carbocycles. The van der Waals surface area contributed by atoms with Crippen LogP contribution in [0.25, 0.3) is 0 Å². The molecule has 0 spiro atoms. The molecule has 0 fully saturated rings. The van der Waals surface area contributed by atoms with Gasteiger partial charge in [0.15, 0.2) is 0 Å². The molecular formula is C14H17NO. The van der Waals surface area contributed by atoms with E-state index in [2.05, 4.69) is 23.9 Å². The number of benzene rings is 1. The maximum absolute atomic E-state index is 8.51. The SMILES string of the molecule is CCCCCC#Cc1ccccc1/C=N/O. The number of hydrogen-bond donors (Lipinski definition) is 1. The van der Waals surface area contributed by atoms with Crippen LogP contribution in [0.5, 0.6) is 0 Å². The van der Waals surface area contributed by atoms with Gasteiger partial charge in [-0.15, -0.1) is 0 Å². The van der Waals surface area contributed by atoms with Crippen molar-refractivity contribution in [2.75, 3.05) is 0 Å². The molecule has 2 nitrogen and oxygen atoms in total. The number of hydrogen-bond acceptors (Lipinski definition) is 2. The van der Waals surface area contributed by atoms with E-state index in [0.717, 1.165) is 24.0 Å². The Kier molecular flexibility index (Phi) is 5.80. The second-order valence-corrected chi connectivity index (χ2v) is 3.59. The molecule has 0 bridgehead atoms. The Labute approximate surface area is 97.0 Å². The fourth-order valence-electron chi connectivity index (χ4n) is 1.41.